The van der Waals surface area contributed by atoms with Crippen molar-refractivity contribution in [2.75, 3.05) is 0 Å². The molecule has 0 aromatic heterocycles. The molecule has 0 aromatic carbocycles. The van der Waals surface area contributed by atoms with Crippen molar-refractivity contribution in [3.8, 4) is 0 Å². The van der Waals surface area contributed by atoms with Crippen LogP contribution in [0.15, 0.2) is 0 Å². The fraction of sp³-hybridized carbons (Fsp3) is 0. The summed E-state index contributed by atoms with van der Waals surface area (Å²) in [6.07, 6.45) is 0. The van der Waals surface area contributed by atoms with Gasteiger partial charge in [-0.2, -0.15) is 0 Å². The first-order valence-electron chi connectivity index (χ1n) is 0.735. The zero-order valence-corrected chi connectivity index (χ0v) is 2.61. The van der Waals surface area contributed by atoms with Crippen LogP contribution in [0.3, 0.4) is 0 Å². The summed E-state index contributed by atoms with van der Waals surface area (Å²) in [6.45, 7) is -1.69. The van der Waals surface area contributed by atoms with Crippen LogP contribution in [0.2, 0.25) is 0 Å². The summed E-state index contributed by atoms with van der Waals surface area (Å²) in [5.74, 6) is 0. The van der Waals surface area contributed by atoms with Crippen molar-refractivity contribution in [3.05, 3.63) is 0 Å². The van der Waals surface area contributed by atoms with E-state index in [1.165, 1.54) is 0 Å². The normalized spacial score (nSPS) is 5.40. The second-order valence-electron chi connectivity index (χ2n) is 0.311. The van der Waals surface area contributed by atoms with E-state index in [9.17, 15) is 0 Å². The first kappa shape index (κ1) is 9.90. The van der Waals surface area contributed by atoms with Crippen LogP contribution in [0.4, 0.5) is 0 Å². The molecule has 0 heterocycles. The van der Waals surface area contributed by atoms with Crippen molar-refractivity contribution >= 4 is 63.5 Å². The van der Waals surface area contributed by atoms with Crippen molar-refractivity contribution in [1.82, 2.24) is 0 Å². The van der Waals surface area contributed by atoms with E-state index in [1.54, 1.807) is 0 Å². The maximum absolute atomic E-state index is 7.38. The van der Waals surface area contributed by atoms with Crippen LogP contribution in [-0.4, -0.2) is 62.1 Å². The molecule has 0 unspecified atom stereocenters. The molecule has 5 heteroatoms. The molecule has 0 bridgehead atoms. The van der Waals surface area contributed by atoms with Gasteiger partial charge in [0.2, 0.25) is 0 Å². The van der Waals surface area contributed by atoms with Gasteiger partial charge in [-0.3, -0.25) is 0 Å². The Labute approximate surface area is 72.5 Å². The molecule has 2 nitrogen and oxygen atoms in total. The third-order valence-corrected chi connectivity index (χ3v) is 0. The number of hydrogen-bond acceptors (Lipinski definition) is 2. The van der Waals surface area contributed by atoms with E-state index >= 15 is 0 Å². The Balaban J connectivity index is 0. The number of halogens is 1. The molecule has 0 aromatic rings. The zero-order valence-electron chi connectivity index (χ0n) is 1.85. The Morgan fingerprint density at radius 1 is 1.40 bits per heavy atom. The van der Waals surface area contributed by atoms with Gasteiger partial charge in [0, 0.05) is 0 Å². The van der Waals surface area contributed by atoms with Crippen molar-refractivity contribution < 1.29 is 10.0 Å². The van der Waals surface area contributed by atoms with E-state index in [0.29, 0.717) is 0 Å². The molecule has 0 rings (SSSR count). The standard InChI is InChI=1S/BClH2O2.Sr.2H/c2-1(3)4;;;/h3-4H;;;. The molecule has 0 radical (unpaired) electrons. The van der Waals surface area contributed by atoms with E-state index in [4.69, 9.17) is 10.0 Å². The molecule has 0 saturated heterocycles. The van der Waals surface area contributed by atoms with Crippen molar-refractivity contribution in [2.45, 2.75) is 0 Å². The minimum atomic E-state index is -1.69. The minimum absolute atomic E-state index is 0. The van der Waals surface area contributed by atoms with Crippen LogP contribution >= 0.6 is 11.5 Å². The fourth-order valence-corrected chi connectivity index (χ4v) is 0. The third kappa shape index (κ3) is 26.3. The SMILES string of the molecule is OB(O)Cl.[SrH2]. The second-order valence-corrected chi connectivity index (χ2v) is 0.701. The van der Waals surface area contributed by atoms with Gasteiger partial charge in [0.1, 0.15) is 0 Å². The molecule has 5 heavy (non-hydrogen) atoms. The summed E-state index contributed by atoms with van der Waals surface area (Å²) in [5, 5.41) is 14.8. The second kappa shape index (κ2) is 5.76. The van der Waals surface area contributed by atoms with Crippen LogP contribution in [0.5, 0.6) is 0 Å². The first-order valence-corrected chi connectivity index (χ1v) is 1.17. The van der Waals surface area contributed by atoms with Gasteiger partial charge in [0.25, 0.3) is 0 Å². The van der Waals surface area contributed by atoms with E-state index in [2.05, 4.69) is 11.5 Å². The van der Waals surface area contributed by atoms with E-state index in [0.717, 1.165) is 0 Å². The molecule has 0 aliphatic heterocycles. The van der Waals surface area contributed by atoms with Crippen LogP contribution in [0.1, 0.15) is 0 Å². The predicted molar refractivity (Wildman–Crippen MR) is 24.6 cm³/mol. The van der Waals surface area contributed by atoms with Gasteiger partial charge < -0.3 is 10.0 Å². The summed E-state index contributed by atoms with van der Waals surface area (Å²) in [5.41, 5.74) is 0. The van der Waals surface area contributed by atoms with Crippen LogP contribution in [0, 0.1) is 0 Å². The summed E-state index contributed by atoms with van der Waals surface area (Å²) >= 11 is 4.39. The molecule has 0 atom stereocenters. The van der Waals surface area contributed by atoms with Gasteiger partial charge in [0.05, 0.1) is 0 Å². The van der Waals surface area contributed by atoms with Crippen molar-refractivity contribution in [2.24, 2.45) is 0 Å². The summed E-state index contributed by atoms with van der Waals surface area (Å²) in [4.78, 5) is 0. The molecule has 0 aliphatic rings. The molecule has 0 aliphatic carbocycles. The van der Waals surface area contributed by atoms with E-state index < -0.39 is 6.53 Å². The molecule has 0 spiro atoms. The Kier molecular flexibility index (Phi) is 11.4. The van der Waals surface area contributed by atoms with Gasteiger partial charge in [-0.05, 0) is 0 Å². The average Bonchev–Trinajstić information content (AvgIpc) is 0.811. The first-order chi connectivity index (χ1) is 1.73. The predicted octanol–water partition coefficient (Wildman–Crippen LogP) is -1.72. The van der Waals surface area contributed by atoms with E-state index in [-0.39, 0.29) is 45.5 Å². The summed E-state index contributed by atoms with van der Waals surface area (Å²) in [6, 6.07) is 0. The van der Waals surface area contributed by atoms with Crippen LogP contribution < -0.4 is 0 Å². The van der Waals surface area contributed by atoms with Gasteiger partial charge in [0.15, 0.2) is 0 Å². The maximum atomic E-state index is 7.38. The Hall–Kier alpha value is 1.76. The Morgan fingerprint density at radius 2 is 1.40 bits per heavy atom. The Morgan fingerprint density at radius 3 is 1.40 bits per heavy atom. The van der Waals surface area contributed by atoms with E-state index in [1.807, 2.05) is 0 Å². The number of rotatable bonds is 0. The number of hydrogen-bond donors (Lipinski definition) is 2. The molecule has 0 saturated carbocycles. The van der Waals surface area contributed by atoms with Gasteiger partial charge in [-0.25, -0.2) is 0 Å². The monoisotopic (exact) mass is 170 g/mol. The third-order valence-electron chi connectivity index (χ3n) is 0. The van der Waals surface area contributed by atoms with Crippen LogP contribution in [-0.2, 0) is 0 Å². The van der Waals surface area contributed by atoms with Gasteiger partial charge in [-0.15, -0.1) is 11.5 Å². The average molecular weight is 170 g/mol. The molecule has 2 N–H and O–H groups in total. The van der Waals surface area contributed by atoms with Crippen molar-refractivity contribution in [3.63, 3.8) is 0 Å². The van der Waals surface area contributed by atoms with Gasteiger partial charge >= 0.3 is 52.0 Å². The topological polar surface area (TPSA) is 40.5 Å². The fourth-order valence-electron chi connectivity index (χ4n) is 0. The van der Waals surface area contributed by atoms with Crippen LogP contribution in [0.25, 0.3) is 0 Å². The molecule has 28 valence electrons. The van der Waals surface area contributed by atoms with Crippen molar-refractivity contribution in [1.29, 1.82) is 0 Å². The summed E-state index contributed by atoms with van der Waals surface area (Å²) in [7, 11) is 0. The molecular formula is H4BClO2Sr. The molecule has 0 amide bonds. The quantitative estimate of drug-likeness (QED) is 0.424. The summed E-state index contributed by atoms with van der Waals surface area (Å²) < 4.78 is 0. The van der Waals surface area contributed by atoms with Gasteiger partial charge in [-0.1, -0.05) is 0 Å². The zero-order chi connectivity index (χ0) is 3.58. The Bertz CT molecular complexity index is 14.4. The molecular weight excluding hydrogens is 166 g/mol. The molecule has 0 fully saturated rings.